The molecule has 162 valence electrons. The van der Waals surface area contributed by atoms with E-state index < -0.39 is 15.9 Å². The summed E-state index contributed by atoms with van der Waals surface area (Å²) in [6.45, 7) is 0.360. The van der Waals surface area contributed by atoms with Crippen molar-refractivity contribution >= 4 is 27.3 Å². The van der Waals surface area contributed by atoms with Crippen LogP contribution < -0.4 is 15.7 Å². The molecule has 2 heterocycles. The SMILES string of the molecule is O=C(Cn1nc2n(c1=O)CCCCC2)Nc1ccccc1NS(=O)(=O)c1ccccc1. The van der Waals surface area contributed by atoms with Crippen LogP contribution in [0.4, 0.5) is 11.4 Å². The van der Waals surface area contributed by atoms with E-state index in [1.165, 1.54) is 12.1 Å². The van der Waals surface area contributed by atoms with E-state index >= 15 is 0 Å². The lowest BCUT2D eigenvalue weighted by Gasteiger charge is -2.13. The number of nitrogens with one attached hydrogen (secondary N) is 2. The Morgan fingerprint density at radius 3 is 2.45 bits per heavy atom. The number of benzene rings is 2. The predicted molar refractivity (Wildman–Crippen MR) is 116 cm³/mol. The summed E-state index contributed by atoms with van der Waals surface area (Å²) in [6.07, 6.45) is 3.66. The summed E-state index contributed by atoms with van der Waals surface area (Å²) in [5.74, 6) is 0.230. The number of hydrogen-bond donors (Lipinski definition) is 2. The molecule has 31 heavy (non-hydrogen) atoms. The zero-order chi connectivity index (χ0) is 21.8. The van der Waals surface area contributed by atoms with E-state index in [1.54, 1.807) is 47.0 Å². The minimum atomic E-state index is -3.81. The standard InChI is InChI=1S/C21H23N5O4S/c27-20(15-26-21(28)25-14-8-2-5-13-19(25)23-26)22-17-11-6-7-12-18(17)24-31(29,30)16-9-3-1-4-10-16/h1,3-4,6-7,9-12,24H,2,5,8,13-15H2,(H,22,27). The van der Waals surface area contributed by atoms with Gasteiger partial charge in [-0.15, -0.1) is 0 Å². The van der Waals surface area contributed by atoms with E-state index in [2.05, 4.69) is 15.1 Å². The van der Waals surface area contributed by atoms with Crippen LogP contribution in [0.1, 0.15) is 25.1 Å². The van der Waals surface area contributed by atoms with E-state index in [4.69, 9.17) is 0 Å². The highest BCUT2D eigenvalue weighted by Gasteiger charge is 2.19. The molecule has 1 aromatic heterocycles. The average Bonchev–Trinajstić information content (AvgIpc) is 2.92. The number of aromatic nitrogens is 3. The third-order valence-corrected chi connectivity index (χ3v) is 6.46. The summed E-state index contributed by atoms with van der Waals surface area (Å²) in [7, 11) is -3.81. The number of carbonyl (C=O) groups is 1. The lowest BCUT2D eigenvalue weighted by molar-refractivity contribution is -0.117. The van der Waals surface area contributed by atoms with Crippen LogP contribution in [0.5, 0.6) is 0 Å². The van der Waals surface area contributed by atoms with Crippen LogP contribution >= 0.6 is 0 Å². The smallest absolute Gasteiger partial charge is 0.323 e. The molecule has 4 rings (SSSR count). The first-order valence-corrected chi connectivity index (χ1v) is 11.6. The Labute approximate surface area is 179 Å². The van der Waals surface area contributed by atoms with Crippen LogP contribution in [0.3, 0.4) is 0 Å². The number of nitrogens with zero attached hydrogens (tertiary/aromatic N) is 3. The molecular weight excluding hydrogens is 418 g/mol. The normalized spacial score (nSPS) is 13.8. The average molecular weight is 442 g/mol. The van der Waals surface area contributed by atoms with Crippen molar-refractivity contribution in [2.75, 3.05) is 10.0 Å². The summed E-state index contributed by atoms with van der Waals surface area (Å²) in [4.78, 5) is 25.3. The molecule has 3 aromatic rings. The zero-order valence-corrected chi connectivity index (χ0v) is 17.6. The van der Waals surface area contributed by atoms with Crippen molar-refractivity contribution < 1.29 is 13.2 Å². The maximum Gasteiger partial charge on any atom is 0.346 e. The molecule has 0 unspecified atom stereocenters. The molecule has 1 aliphatic rings. The minimum absolute atomic E-state index is 0.113. The number of sulfonamides is 1. The Morgan fingerprint density at radius 1 is 0.968 bits per heavy atom. The Kier molecular flexibility index (Phi) is 5.90. The van der Waals surface area contributed by atoms with Crippen LogP contribution in [0, 0.1) is 0 Å². The molecular formula is C21H23N5O4S. The van der Waals surface area contributed by atoms with Crippen LogP contribution in [0.15, 0.2) is 64.3 Å². The zero-order valence-electron chi connectivity index (χ0n) is 16.8. The molecule has 0 atom stereocenters. The fraction of sp³-hybridized carbons (Fsp3) is 0.286. The van der Waals surface area contributed by atoms with Gasteiger partial charge in [-0.05, 0) is 37.1 Å². The maximum atomic E-state index is 12.6. The first-order valence-electron chi connectivity index (χ1n) is 10.1. The second kappa shape index (κ2) is 8.76. The Balaban J connectivity index is 1.51. The van der Waals surface area contributed by atoms with Crippen molar-refractivity contribution in [1.82, 2.24) is 14.3 Å². The first kappa shape index (κ1) is 20.9. The summed E-state index contributed by atoms with van der Waals surface area (Å²) < 4.78 is 30.6. The van der Waals surface area contributed by atoms with E-state index in [9.17, 15) is 18.0 Å². The third-order valence-electron chi connectivity index (χ3n) is 5.07. The largest absolute Gasteiger partial charge is 0.346 e. The monoisotopic (exact) mass is 441 g/mol. The van der Waals surface area contributed by atoms with Crippen molar-refractivity contribution in [3.8, 4) is 0 Å². The van der Waals surface area contributed by atoms with Gasteiger partial charge in [0.2, 0.25) is 5.91 Å². The fourth-order valence-corrected chi connectivity index (χ4v) is 4.64. The highest BCUT2D eigenvalue weighted by Crippen LogP contribution is 2.24. The van der Waals surface area contributed by atoms with E-state index in [0.717, 1.165) is 23.9 Å². The summed E-state index contributed by atoms with van der Waals surface area (Å²) >= 11 is 0. The molecule has 2 N–H and O–H groups in total. The Bertz CT molecular complexity index is 1250. The molecule has 0 aliphatic carbocycles. The number of hydrogen-bond acceptors (Lipinski definition) is 5. The Morgan fingerprint density at radius 2 is 1.68 bits per heavy atom. The Hall–Kier alpha value is -3.40. The number of para-hydroxylation sites is 2. The van der Waals surface area contributed by atoms with Gasteiger partial charge in [-0.1, -0.05) is 36.8 Å². The van der Waals surface area contributed by atoms with Gasteiger partial charge in [0, 0.05) is 13.0 Å². The maximum absolute atomic E-state index is 12.6. The second-order valence-corrected chi connectivity index (χ2v) is 9.01. The molecule has 0 saturated heterocycles. The molecule has 0 saturated carbocycles. The number of aryl methyl sites for hydroxylation is 1. The molecule has 0 bridgehead atoms. The molecule has 0 spiro atoms. The third kappa shape index (κ3) is 4.69. The second-order valence-electron chi connectivity index (χ2n) is 7.33. The first-order chi connectivity index (χ1) is 14.9. The number of amides is 1. The van der Waals surface area contributed by atoms with Gasteiger partial charge in [-0.2, -0.15) is 5.10 Å². The van der Waals surface area contributed by atoms with Crippen LogP contribution in [-0.2, 0) is 34.3 Å². The van der Waals surface area contributed by atoms with Crippen molar-refractivity contribution in [1.29, 1.82) is 0 Å². The number of anilines is 2. The predicted octanol–water partition coefficient (Wildman–Crippen LogP) is 2.21. The molecule has 1 amide bonds. The van der Waals surface area contributed by atoms with Gasteiger partial charge in [-0.25, -0.2) is 17.9 Å². The van der Waals surface area contributed by atoms with Gasteiger partial charge in [-0.3, -0.25) is 14.1 Å². The van der Waals surface area contributed by atoms with E-state index in [0.29, 0.717) is 24.5 Å². The van der Waals surface area contributed by atoms with Gasteiger partial charge in [0.1, 0.15) is 12.4 Å². The molecule has 9 nitrogen and oxygen atoms in total. The van der Waals surface area contributed by atoms with E-state index in [-0.39, 0.29) is 22.8 Å². The summed E-state index contributed by atoms with van der Waals surface area (Å²) in [5, 5.41) is 6.99. The molecule has 1 aliphatic heterocycles. The van der Waals surface area contributed by atoms with Gasteiger partial charge in [0.05, 0.1) is 16.3 Å². The van der Waals surface area contributed by atoms with E-state index in [1.807, 2.05) is 0 Å². The molecule has 0 radical (unpaired) electrons. The fourth-order valence-electron chi connectivity index (χ4n) is 3.54. The summed E-state index contributed by atoms with van der Waals surface area (Å²) in [6, 6.07) is 14.4. The van der Waals surface area contributed by atoms with Crippen molar-refractivity contribution in [2.24, 2.45) is 0 Å². The highest BCUT2D eigenvalue weighted by atomic mass is 32.2. The lowest BCUT2D eigenvalue weighted by Crippen LogP contribution is -2.30. The number of fused-ring (bicyclic) bond motifs is 1. The van der Waals surface area contributed by atoms with Crippen molar-refractivity contribution in [2.45, 2.75) is 43.7 Å². The minimum Gasteiger partial charge on any atom is -0.323 e. The number of rotatable bonds is 6. The summed E-state index contributed by atoms with van der Waals surface area (Å²) in [5.41, 5.74) is 0.221. The van der Waals surface area contributed by atoms with Gasteiger partial charge >= 0.3 is 5.69 Å². The van der Waals surface area contributed by atoms with Crippen molar-refractivity contribution in [3.63, 3.8) is 0 Å². The highest BCUT2D eigenvalue weighted by molar-refractivity contribution is 7.92. The molecule has 2 aromatic carbocycles. The van der Waals surface area contributed by atoms with Crippen LogP contribution in [0.25, 0.3) is 0 Å². The van der Waals surface area contributed by atoms with Gasteiger partial charge < -0.3 is 5.32 Å². The van der Waals surface area contributed by atoms with Gasteiger partial charge in [0.25, 0.3) is 10.0 Å². The quantitative estimate of drug-likeness (QED) is 0.609. The van der Waals surface area contributed by atoms with Crippen molar-refractivity contribution in [3.05, 3.63) is 70.9 Å². The van der Waals surface area contributed by atoms with Gasteiger partial charge in [0.15, 0.2) is 0 Å². The topological polar surface area (TPSA) is 115 Å². The van der Waals surface area contributed by atoms with Crippen LogP contribution in [-0.4, -0.2) is 28.7 Å². The number of carbonyl (C=O) groups excluding carboxylic acids is 1. The van der Waals surface area contributed by atoms with Crippen LogP contribution in [0.2, 0.25) is 0 Å². The molecule has 10 heteroatoms. The molecule has 0 fully saturated rings. The lowest BCUT2D eigenvalue weighted by atomic mass is 10.2.